The Morgan fingerprint density at radius 1 is 1.33 bits per heavy atom. The molecule has 0 saturated heterocycles. The fourth-order valence-electron chi connectivity index (χ4n) is 1.18. The molecule has 1 heteroatoms. The second kappa shape index (κ2) is 7.35. The van der Waals surface area contributed by atoms with Gasteiger partial charge in [0.25, 0.3) is 0 Å². The molecule has 0 aromatic rings. The Bertz CT molecular complexity index is 100. The Morgan fingerprint density at radius 3 is 1.83 bits per heavy atom. The highest BCUT2D eigenvalue weighted by Crippen LogP contribution is 2.26. The third kappa shape index (κ3) is 9.70. The van der Waals surface area contributed by atoms with Crippen molar-refractivity contribution in [3.63, 3.8) is 0 Å². The molecule has 0 rings (SSSR count). The van der Waals surface area contributed by atoms with E-state index in [0.717, 1.165) is 0 Å². The van der Waals surface area contributed by atoms with E-state index in [1.54, 1.807) is 0 Å². The summed E-state index contributed by atoms with van der Waals surface area (Å²) in [4.78, 5) is 0. The molecular formula is C11H25N. The number of allylic oxidation sites excluding steroid dienone is 1. The van der Waals surface area contributed by atoms with E-state index in [4.69, 9.17) is 0 Å². The first kappa shape index (κ1) is 14.2. The van der Waals surface area contributed by atoms with Gasteiger partial charge in [-0.05, 0) is 31.2 Å². The van der Waals surface area contributed by atoms with Crippen LogP contribution < -0.4 is 5.73 Å². The second-order valence-electron chi connectivity index (χ2n) is 4.17. The van der Waals surface area contributed by atoms with Crippen molar-refractivity contribution >= 4 is 0 Å². The van der Waals surface area contributed by atoms with Crippen molar-refractivity contribution < 1.29 is 0 Å². The van der Waals surface area contributed by atoms with Crippen molar-refractivity contribution in [2.45, 2.75) is 40.5 Å². The maximum atomic E-state index is 4.50. The molecule has 0 aromatic heterocycles. The highest BCUT2D eigenvalue weighted by atomic mass is 14.4. The van der Waals surface area contributed by atoms with Crippen LogP contribution in [-0.4, -0.2) is 7.05 Å². The highest BCUT2D eigenvalue weighted by Gasteiger charge is 2.14. The quantitative estimate of drug-likeness (QED) is 0.648. The molecule has 0 fully saturated rings. The molecule has 0 bridgehead atoms. The molecule has 0 aliphatic heterocycles. The van der Waals surface area contributed by atoms with Crippen LogP contribution in [0.4, 0.5) is 0 Å². The molecule has 1 atom stereocenters. The average molecular weight is 171 g/mol. The standard InChI is InChI=1S/C10H20.CH5N/c1-6-9(7-2)8-10(3,4)5;1-2/h6,9H,1,7-8H2,2-5H3;2H2,1H3. The van der Waals surface area contributed by atoms with E-state index < -0.39 is 0 Å². The van der Waals surface area contributed by atoms with Gasteiger partial charge in [0, 0.05) is 0 Å². The fraction of sp³-hybridized carbons (Fsp3) is 0.818. The van der Waals surface area contributed by atoms with Gasteiger partial charge < -0.3 is 5.73 Å². The molecule has 0 heterocycles. The zero-order valence-electron chi connectivity index (χ0n) is 9.35. The van der Waals surface area contributed by atoms with Gasteiger partial charge in [-0.2, -0.15) is 0 Å². The number of hydrogen-bond donors (Lipinski definition) is 1. The highest BCUT2D eigenvalue weighted by molar-refractivity contribution is 4.81. The average Bonchev–Trinajstić information content (AvgIpc) is 2.02. The molecule has 0 amide bonds. The van der Waals surface area contributed by atoms with Crippen molar-refractivity contribution in [3.8, 4) is 0 Å². The van der Waals surface area contributed by atoms with Crippen LogP contribution in [0.1, 0.15) is 40.5 Å². The van der Waals surface area contributed by atoms with Crippen molar-refractivity contribution in [1.29, 1.82) is 0 Å². The van der Waals surface area contributed by atoms with Gasteiger partial charge in [-0.1, -0.05) is 33.8 Å². The topological polar surface area (TPSA) is 26.0 Å². The van der Waals surface area contributed by atoms with Crippen molar-refractivity contribution in [2.24, 2.45) is 17.1 Å². The Labute approximate surface area is 78.0 Å². The molecule has 1 nitrogen and oxygen atoms in total. The van der Waals surface area contributed by atoms with Gasteiger partial charge in [-0.25, -0.2) is 0 Å². The summed E-state index contributed by atoms with van der Waals surface area (Å²) in [6.07, 6.45) is 4.55. The van der Waals surface area contributed by atoms with Gasteiger partial charge in [0.2, 0.25) is 0 Å². The van der Waals surface area contributed by atoms with Crippen LogP contribution in [0.2, 0.25) is 0 Å². The van der Waals surface area contributed by atoms with E-state index in [1.165, 1.54) is 19.9 Å². The maximum absolute atomic E-state index is 4.50. The Kier molecular flexibility index (Phi) is 8.73. The van der Waals surface area contributed by atoms with Gasteiger partial charge in [0.15, 0.2) is 0 Å². The molecule has 0 radical (unpaired) electrons. The molecule has 1 unspecified atom stereocenters. The minimum absolute atomic E-state index is 0.453. The van der Waals surface area contributed by atoms with E-state index in [9.17, 15) is 0 Å². The predicted octanol–water partition coefficient (Wildman–Crippen LogP) is 3.21. The van der Waals surface area contributed by atoms with Crippen LogP contribution in [0, 0.1) is 11.3 Å². The summed E-state index contributed by atoms with van der Waals surface area (Å²) in [7, 11) is 1.50. The van der Waals surface area contributed by atoms with Gasteiger partial charge in [-0.15, -0.1) is 6.58 Å². The monoisotopic (exact) mass is 171 g/mol. The van der Waals surface area contributed by atoms with Crippen molar-refractivity contribution in [2.75, 3.05) is 7.05 Å². The smallest absolute Gasteiger partial charge is 0.0195 e. The summed E-state index contributed by atoms with van der Waals surface area (Å²) in [6, 6.07) is 0. The van der Waals surface area contributed by atoms with Gasteiger partial charge in [0.1, 0.15) is 0 Å². The van der Waals surface area contributed by atoms with E-state index in [2.05, 4.69) is 46.1 Å². The summed E-state index contributed by atoms with van der Waals surface area (Å²) in [5, 5.41) is 0. The zero-order valence-corrected chi connectivity index (χ0v) is 9.35. The lowest BCUT2D eigenvalue weighted by molar-refractivity contribution is 0.321. The van der Waals surface area contributed by atoms with Crippen LogP contribution >= 0.6 is 0 Å². The fourth-order valence-corrected chi connectivity index (χ4v) is 1.18. The van der Waals surface area contributed by atoms with Gasteiger partial charge in [0.05, 0.1) is 0 Å². The van der Waals surface area contributed by atoms with E-state index in [-0.39, 0.29) is 0 Å². The van der Waals surface area contributed by atoms with Crippen molar-refractivity contribution in [3.05, 3.63) is 12.7 Å². The molecule has 0 spiro atoms. The first-order valence-corrected chi connectivity index (χ1v) is 4.70. The first-order chi connectivity index (χ1) is 5.49. The van der Waals surface area contributed by atoms with E-state index in [1.807, 2.05) is 0 Å². The summed E-state index contributed by atoms with van der Waals surface area (Å²) in [6.45, 7) is 12.9. The summed E-state index contributed by atoms with van der Waals surface area (Å²) in [5.41, 5.74) is 4.95. The summed E-state index contributed by atoms with van der Waals surface area (Å²) >= 11 is 0. The Balaban J connectivity index is 0. The van der Waals surface area contributed by atoms with Crippen molar-refractivity contribution in [1.82, 2.24) is 0 Å². The SMILES string of the molecule is C=CC(CC)CC(C)(C)C.CN. The number of hydrogen-bond acceptors (Lipinski definition) is 1. The largest absolute Gasteiger partial charge is 0.333 e. The lowest BCUT2D eigenvalue weighted by Crippen LogP contribution is -2.10. The lowest BCUT2D eigenvalue weighted by Gasteiger charge is -2.22. The van der Waals surface area contributed by atoms with Crippen LogP contribution in [-0.2, 0) is 0 Å². The van der Waals surface area contributed by atoms with E-state index in [0.29, 0.717) is 11.3 Å². The zero-order chi connectivity index (χ0) is 10.2. The van der Waals surface area contributed by atoms with E-state index >= 15 is 0 Å². The molecule has 0 saturated carbocycles. The normalized spacial score (nSPS) is 12.8. The maximum Gasteiger partial charge on any atom is -0.0195 e. The summed E-state index contributed by atoms with van der Waals surface area (Å²) < 4.78 is 0. The third-order valence-electron chi connectivity index (χ3n) is 1.73. The Hall–Kier alpha value is -0.300. The van der Waals surface area contributed by atoms with Crippen LogP contribution in [0.15, 0.2) is 12.7 Å². The molecule has 2 N–H and O–H groups in total. The molecule has 0 aliphatic carbocycles. The van der Waals surface area contributed by atoms with Gasteiger partial charge >= 0.3 is 0 Å². The minimum atomic E-state index is 0.453. The van der Waals surface area contributed by atoms with Crippen LogP contribution in [0.3, 0.4) is 0 Å². The summed E-state index contributed by atoms with van der Waals surface area (Å²) in [5.74, 6) is 0.708. The minimum Gasteiger partial charge on any atom is -0.333 e. The van der Waals surface area contributed by atoms with Gasteiger partial charge in [-0.3, -0.25) is 0 Å². The molecular weight excluding hydrogens is 146 g/mol. The number of nitrogens with two attached hydrogens (primary N) is 1. The molecule has 0 aliphatic rings. The van der Waals surface area contributed by atoms with Crippen LogP contribution in [0.5, 0.6) is 0 Å². The van der Waals surface area contributed by atoms with Crippen LogP contribution in [0.25, 0.3) is 0 Å². The third-order valence-corrected chi connectivity index (χ3v) is 1.73. The number of rotatable bonds is 3. The first-order valence-electron chi connectivity index (χ1n) is 4.70. The molecule has 12 heavy (non-hydrogen) atoms. The molecule has 0 aromatic carbocycles. The molecule has 74 valence electrons. The predicted molar refractivity (Wildman–Crippen MR) is 58.2 cm³/mol. The lowest BCUT2D eigenvalue weighted by atomic mass is 9.84. The Morgan fingerprint density at radius 2 is 1.75 bits per heavy atom. The second-order valence-corrected chi connectivity index (χ2v) is 4.17.